The molecule has 0 N–H and O–H groups in total. The summed E-state index contributed by atoms with van der Waals surface area (Å²) in [5.41, 5.74) is 10.8. The van der Waals surface area contributed by atoms with Gasteiger partial charge in [0, 0.05) is 27.4 Å². The minimum Gasteiger partial charge on any atom is -0.456 e. The van der Waals surface area contributed by atoms with Crippen molar-refractivity contribution in [3.63, 3.8) is 0 Å². The number of hydrogen-bond acceptors (Lipinski definition) is 4. The van der Waals surface area contributed by atoms with Crippen LogP contribution in [0.25, 0.3) is 64.5 Å². The Kier molecular flexibility index (Phi) is 6.00. The third kappa shape index (κ3) is 4.30. The van der Waals surface area contributed by atoms with Gasteiger partial charge in [0.25, 0.3) is 0 Å². The van der Waals surface area contributed by atoms with E-state index in [0.717, 1.165) is 49.9 Å². The minimum absolute atomic E-state index is 0.869. The highest BCUT2D eigenvalue weighted by Crippen LogP contribution is 2.47. The van der Waals surface area contributed by atoms with Crippen molar-refractivity contribution in [2.24, 2.45) is 0 Å². The van der Waals surface area contributed by atoms with Gasteiger partial charge in [0.05, 0.1) is 27.0 Å². The number of thiophene rings is 1. The van der Waals surface area contributed by atoms with Crippen LogP contribution in [0.1, 0.15) is 0 Å². The molecule has 3 heterocycles. The second-order valence-corrected chi connectivity index (χ2v) is 12.3. The molecule has 9 rings (SSSR count). The molecule has 0 aliphatic carbocycles. The third-order valence-electron chi connectivity index (χ3n) is 8.52. The molecule has 0 aliphatic rings. The Balaban J connectivity index is 1.26. The maximum Gasteiger partial charge on any atom is 0.137 e. The first-order valence-electron chi connectivity index (χ1n) is 15.0. The molecule has 0 bridgehead atoms. The number of aromatic nitrogens is 1. The van der Waals surface area contributed by atoms with Gasteiger partial charge in [-0.05, 0) is 82.9 Å². The molecule has 4 heteroatoms. The van der Waals surface area contributed by atoms with Crippen LogP contribution in [-0.4, -0.2) is 4.98 Å². The smallest absolute Gasteiger partial charge is 0.137 e. The third-order valence-corrected chi connectivity index (χ3v) is 9.63. The van der Waals surface area contributed by atoms with Crippen LogP contribution in [0.5, 0.6) is 0 Å². The number of furan rings is 1. The molecule has 0 fully saturated rings. The van der Waals surface area contributed by atoms with Crippen LogP contribution >= 0.6 is 11.3 Å². The van der Waals surface area contributed by atoms with Crippen LogP contribution in [0.15, 0.2) is 162 Å². The Morgan fingerprint density at radius 1 is 0.489 bits per heavy atom. The molecule has 0 unspecified atom stereocenters. The number of nitrogens with zero attached hydrogens (tertiary/aromatic N) is 2. The molecule has 3 aromatic heterocycles. The van der Waals surface area contributed by atoms with Crippen molar-refractivity contribution in [3.05, 3.63) is 158 Å². The number of para-hydroxylation sites is 1. The summed E-state index contributed by atoms with van der Waals surface area (Å²) in [6.07, 6.45) is 1.89. The number of hydrogen-bond donors (Lipinski definition) is 0. The fourth-order valence-corrected chi connectivity index (χ4v) is 7.56. The zero-order chi connectivity index (χ0) is 29.7. The van der Waals surface area contributed by atoms with Gasteiger partial charge in [-0.25, -0.2) is 0 Å². The molecule has 45 heavy (non-hydrogen) atoms. The number of rotatable bonds is 5. The van der Waals surface area contributed by atoms with Crippen LogP contribution in [0, 0.1) is 0 Å². The maximum atomic E-state index is 6.35. The monoisotopic (exact) mass is 594 g/mol. The van der Waals surface area contributed by atoms with Crippen molar-refractivity contribution < 1.29 is 4.42 Å². The van der Waals surface area contributed by atoms with Gasteiger partial charge in [-0.1, -0.05) is 91.0 Å². The van der Waals surface area contributed by atoms with Gasteiger partial charge in [-0.2, -0.15) is 0 Å². The van der Waals surface area contributed by atoms with E-state index in [1.807, 2.05) is 24.4 Å². The van der Waals surface area contributed by atoms with Crippen molar-refractivity contribution in [2.45, 2.75) is 0 Å². The molecule has 0 radical (unpaired) electrons. The van der Waals surface area contributed by atoms with E-state index >= 15 is 0 Å². The number of benzene rings is 6. The Hall–Kier alpha value is -5.71. The predicted octanol–water partition coefficient (Wildman–Crippen LogP) is 12.2. The Labute approximate surface area is 264 Å². The van der Waals surface area contributed by atoms with E-state index in [-0.39, 0.29) is 0 Å². The van der Waals surface area contributed by atoms with Crippen LogP contribution in [0.3, 0.4) is 0 Å². The van der Waals surface area contributed by atoms with Crippen LogP contribution < -0.4 is 4.90 Å². The van der Waals surface area contributed by atoms with Crippen molar-refractivity contribution >= 4 is 70.6 Å². The lowest BCUT2D eigenvalue weighted by Crippen LogP contribution is -2.10. The molecule has 0 spiro atoms. The SMILES string of the molecule is c1ccc(-c2cccc(-c3ccc(N(c4cccc5oc6ccccc6c45)c4cccc5sc6cccnc6c45)cc3)c2)cc1. The van der Waals surface area contributed by atoms with Crippen LogP contribution in [0.4, 0.5) is 17.1 Å². The number of anilines is 3. The molecule has 0 saturated heterocycles. The highest BCUT2D eigenvalue weighted by molar-refractivity contribution is 7.25. The van der Waals surface area contributed by atoms with Crippen molar-refractivity contribution in [3.8, 4) is 22.3 Å². The lowest BCUT2D eigenvalue weighted by molar-refractivity contribution is 0.669. The van der Waals surface area contributed by atoms with E-state index in [9.17, 15) is 0 Å². The Morgan fingerprint density at radius 2 is 1.13 bits per heavy atom. The summed E-state index contributed by atoms with van der Waals surface area (Å²) in [6, 6.07) is 53.6. The van der Waals surface area contributed by atoms with Crippen LogP contribution in [-0.2, 0) is 0 Å². The fourth-order valence-electron chi connectivity index (χ4n) is 6.47. The molecule has 0 amide bonds. The van der Waals surface area contributed by atoms with Crippen LogP contribution in [0.2, 0.25) is 0 Å². The number of fused-ring (bicyclic) bond motifs is 6. The molecular formula is C41H26N2OS. The van der Waals surface area contributed by atoms with E-state index in [4.69, 9.17) is 9.40 Å². The molecule has 0 saturated carbocycles. The fraction of sp³-hybridized carbons (Fsp3) is 0. The van der Waals surface area contributed by atoms with Gasteiger partial charge in [-0.15, -0.1) is 11.3 Å². The Morgan fingerprint density at radius 3 is 1.98 bits per heavy atom. The summed E-state index contributed by atoms with van der Waals surface area (Å²) in [7, 11) is 0. The summed E-state index contributed by atoms with van der Waals surface area (Å²) in [6.45, 7) is 0. The zero-order valence-corrected chi connectivity index (χ0v) is 25.0. The molecule has 212 valence electrons. The summed E-state index contributed by atoms with van der Waals surface area (Å²) in [5, 5.41) is 3.35. The molecule has 6 aromatic carbocycles. The average Bonchev–Trinajstić information content (AvgIpc) is 3.69. The normalized spacial score (nSPS) is 11.6. The van der Waals surface area contributed by atoms with Crippen molar-refractivity contribution in [2.75, 3.05) is 4.90 Å². The Bertz CT molecular complexity index is 2380. The first kappa shape index (κ1) is 25.8. The first-order valence-corrected chi connectivity index (χ1v) is 15.9. The van der Waals surface area contributed by atoms with Gasteiger partial charge < -0.3 is 9.32 Å². The van der Waals surface area contributed by atoms with E-state index in [2.05, 4.69) is 138 Å². The summed E-state index contributed by atoms with van der Waals surface area (Å²) < 4.78 is 8.74. The van der Waals surface area contributed by atoms with Gasteiger partial charge >= 0.3 is 0 Å². The lowest BCUT2D eigenvalue weighted by Gasteiger charge is -2.27. The summed E-state index contributed by atoms with van der Waals surface area (Å²) in [5.74, 6) is 0. The molecule has 9 aromatic rings. The first-order chi connectivity index (χ1) is 22.3. The van der Waals surface area contributed by atoms with E-state index in [1.165, 1.54) is 31.7 Å². The van der Waals surface area contributed by atoms with E-state index in [0.29, 0.717) is 0 Å². The highest BCUT2D eigenvalue weighted by atomic mass is 32.1. The lowest BCUT2D eigenvalue weighted by atomic mass is 9.98. The van der Waals surface area contributed by atoms with Crippen molar-refractivity contribution in [1.82, 2.24) is 4.98 Å². The maximum absolute atomic E-state index is 6.35. The quantitative estimate of drug-likeness (QED) is 0.198. The standard InChI is InChI=1S/C41H26N2OS/c1-2-10-27(11-3-1)29-12-6-13-30(26-29)28-21-23-31(24-22-28)43(33-15-7-18-36-39(33)32-14-4-5-17-35(32)44-36)34-16-8-19-37-40(34)41-38(45-37)20-9-25-42-41/h1-26H. The molecule has 0 atom stereocenters. The highest BCUT2D eigenvalue weighted by Gasteiger charge is 2.22. The predicted molar refractivity (Wildman–Crippen MR) is 190 cm³/mol. The molecular weight excluding hydrogens is 569 g/mol. The second-order valence-electron chi connectivity index (χ2n) is 11.2. The molecule has 0 aliphatic heterocycles. The van der Waals surface area contributed by atoms with Gasteiger partial charge in [0.15, 0.2) is 0 Å². The van der Waals surface area contributed by atoms with E-state index < -0.39 is 0 Å². The van der Waals surface area contributed by atoms with Gasteiger partial charge in [0.1, 0.15) is 11.2 Å². The second kappa shape index (κ2) is 10.5. The van der Waals surface area contributed by atoms with E-state index in [1.54, 1.807) is 11.3 Å². The largest absolute Gasteiger partial charge is 0.456 e. The minimum atomic E-state index is 0.869. The summed E-state index contributed by atoms with van der Waals surface area (Å²) >= 11 is 1.78. The summed E-state index contributed by atoms with van der Waals surface area (Å²) in [4.78, 5) is 7.23. The average molecular weight is 595 g/mol. The number of pyridine rings is 1. The molecule has 3 nitrogen and oxygen atoms in total. The van der Waals surface area contributed by atoms with Crippen molar-refractivity contribution in [1.29, 1.82) is 0 Å². The zero-order valence-electron chi connectivity index (χ0n) is 24.2. The topological polar surface area (TPSA) is 29.3 Å². The van der Waals surface area contributed by atoms with Gasteiger partial charge in [0.2, 0.25) is 0 Å². The van der Waals surface area contributed by atoms with Gasteiger partial charge in [-0.3, -0.25) is 4.98 Å².